The summed E-state index contributed by atoms with van der Waals surface area (Å²) in [7, 11) is -4.02. The molecule has 2 aromatic carbocycles. The number of rotatable bonds is 3. The van der Waals surface area contributed by atoms with Crippen molar-refractivity contribution in [1.29, 1.82) is 0 Å². The van der Waals surface area contributed by atoms with Crippen LogP contribution in [-0.2, 0) is 16.4 Å². The van der Waals surface area contributed by atoms with Crippen LogP contribution in [0.25, 0.3) is 11.0 Å². The predicted octanol–water partition coefficient (Wildman–Crippen LogP) is 2.12. The van der Waals surface area contributed by atoms with Crippen molar-refractivity contribution in [2.45, 2.75) is 17.4 Å². The van der Waals surface area contributed by atoms with Crippen molar-refractivity contribution >= 4 is 38.5 Å². The molecule has 11 heteroatoms. The van der Waals surface area contributed by atoms with E-state index in [4.69, 9.17) is 11.5 Å². The van der Waals surface area contributed by atoms with Gasteiger partial charge in [-0.25, -0.2) is 17.5 Å². The van der Waals surface area contributed by atoms with Crippen LogP contribution < -0.4 is 15.8 Å². The average molecular weight is 439 g/mol. The number of nitrogens with two attached hydrogens (primary N) is 2. The van der Waals surface area contributed by atoms with Gasteiger partial charge in [-0.05, 0) is 36.2 Å². The first-order valence-corrected chi connectivity index (χ1v) is 10.9. The van der Waals surface area contributed by atoms with Crippen LogP contribution in [0.5, 0.6) is 0 Å². The third-order valence-electron chi connectivity index (χ3n) is 5.32. The van der Waals surface area contributed by atoms with E-state index in [0.717, 1.165) is 11.6 Å². The van der Waals surface area contributed by atoms with Crippen LogP contribution in [0.3, 0.4) is 0 Å². The standard InChI is InChI=1S/C20H18FN7O2S/c21-13-5-3-6-15(9-13)31(29,30)27-11-14(8-12-4-1-2-7-17(12)27)28-19-16(10-24-28)18(22)25-20(23)26-19/h1-7,9-10,14H,8,11H2,(H4,22,23,25,26). The van der Waals surface area contributed by atoms with Gasteiger partial charge in [0, 0.05) is 0 Å². The maximum absolute atomic E-state index is 13.8. The number of nitrogen functional groups attached to an aromatic ring is 2. The molecule has 0 fully saturated rings. The molecular weight excluding hydrogens is 421 g/mol. The van der Waals surface area contributed by atoms with Gasteiger partial charge in [0.05, 0.1) is 34.8 Å². The Bertz CT molecular complexity index is 1420. The molecule has 0 spiro atoms. The summed E-state index contributed by atoms with van der Waals surface area (Å²) >= 11 is 0. The summed E-state index contributed by atoms with van der Waals surface area (Å²) in [5.74, 6) is -0.412. The highest BCUT2D eigenvalue weighted by Gasteiger charge is 2.35. The third-order valence-corrected chi connectivity index (χ3v) is 7.10. The zero-order chi connectivity index (χ0) is 21.8. The Labute approximate surface area is 177 Å². The van der Waals surface area contributed by atoms with E-state index < -0.39 is 15.8 Å². The minimum Gasteiger partial charge on any atom is -0.383 e. The SMILES string of the molecule is Nc1nc(N)c2cnn(C3Cc4ccccc4N(S(=O)(=O)c4cccc(F)c4)C3)c2n1. The first-order valence-electron chi connectivity index (χ1n) is 9.47. The van der Waals surface area contributed by atoms with Crippen LogP contribution in [0.1, 0.15) is 11.6 Å². The maximum Gasteiger partial charge on any atom is 0.264 e. The summed E-state index contributed by atoms with van der Waals surface area (Å²) < 4.78 is 43.6. The van der Waals surface area contributed by atoms with Gasteiger partial charge in [-0.1, -0.05) is 24.3 Å². The highest BCUT2D eigenvalue weighted by molar-refractivity contribution is 7.92. The number of sulfonamides is 1. The van der Waals surface area contributed by atoms with E-state index in [-0.39, 0.29) is 29.2 Å². The van der Waals surface area contributed by atoms with Gasteiger partial charge in [-0.15, -0.1) is 0 Å². The number of aromatic nitrogens is 4. The zero-order valence-corrected chi connectivity index (χ0v) is 17.0. The fourth-order valence-corrected chi connectivity index (χ4v) is 5.49. The normalized spacial score (nSPS) is 16.4. The minimum absolute atomic E-state index is 0.00666. The molecule has 1 aliphatic heterocycles. The molecule has 0 bridgehead atoms. The Morgan fingerprint density at radius 3 is 2.68 bits per heavy atom. The van der Waals surface area contributed by atoms with Gasteiger partial charge >= 0.3 is 0 Å². The van der Waals surface area contributed by atoms with E-state index >= 15 is 0 Å². The van der Waals surface area contributed by atoms with E-state index in [1.807, 2.05) is 12.1 Å². The molecule has 3 heterocycles. The van der Waals surface area contributed by atoms with Crippen molar-refractivity contribution in [3.05, 3.63) is 66.1 Å². The largest absolute Gasteiger partial charge is 0.383 e. The molecule has 9 nitrogen and oxygen atoms in total. The second-order valence-corrected chi connectivity index (χ2v) is 9.14. The number of hydrogen-bond acceptors (Lipinski definition) is 7. The van der Waals surface area contributed by atoms with Gasteiger partial charge in [-0.3, -0.25) is 4.31 Å². The van der Waals surface area contributed by atoms with Gasteiger partial charge in [0.25, 0.3) is 10.0 Å². The van der Waals surface area contributed by atoms with Crippen LogP contribution in [0.15, 0.2) is 59.6 Å². The summed E-state index contributed by atoms with van der Waals surface area (Å²) in [5.41, 5.74) is 13.5. The molecule has 1 atom stereocenters. The highest BCUT2D eigenvalue weighted by Crippen LogP contribution is 2.36. The van der Waals surface area contributed by atoms with Crippen molar-refractivity contribution in [3.63, 3.8) is 0 Å². The molecule has 5 rings (SSSR count). The smallest absolute Gasteiger partial charge is 0.264 e. The van der Waals surface area contributed by atoms with Crippen molar-refractivity contribution in [2.75, 3.05) is 22.3 Å². The molecule has 0 saturated carbocycles. The van der Waals surface area contributed by atoms with Crippen LogP contribution in [0.4, 0.5) is 21.8 Å². The van der Waals surface area contributed by atoms with E-state index in [0.29, 0.717) is 23.1 Å². The van der Waals surface area contributed by atoms with Crippen LogP contribution >= 0.6 is 0 Å². The first kappa shape index (κ1) is 19.2. The second kappa shape index (κ2) is 6.91. The Hall–Kier alpha value is -3.73. The molecule has 0 radical (unpaired) electrons. The summed E-state index contributed by atoms with van der Waals surface area (Å²) in [6.45, 7) is 0.0798. The number of halogens is 1. The van der Waals surface area contributed by atoms with Gasteiger partial charge in [0.2, 0.25) is 5.95 Å². The molecule has 4 N–H and O–H groups in total. The van der Waals surface area contributed by atoms with Crippen molar-refractivity contribution in [3.8, 4) is 0 Å². The van der Waals surface area contributed by atoms with E-state index in [1.165, 1.54) is 28.7 Å². The molecule has 1 unspecified atom stereocenters. The van der Waals surface area contributed by atoms with Gasteiger partial charge in [0.1, 0.15) is 11.6 Å². The molecule has 4 aromatic rings. The van der Waals surface area contributed by atoms with Crippen molar-refractivity contribution in [1.82, 2.24) is 19.7 Å². The predicted molar refractivity (Wildman–Crippen MR) is 114 cm³/mol. The quantitative estimate of drug-likeness (QED) is 0.499. The van der Waals surface area contributed by atoms with Crippen molar-refractivity contribution < 1.29 is 12.8 Å². The van der Waals surface area contributed by atoms with Crippen LogP contribution in [-0.4, -0.2) is 34.7 Å². The maximum atomic E-state index is 13.8. The van der Waals surface area contributed by atoms with E-state index in [2.05, 4.69) is 15.1 Å². The molecule has 31 heavy (non-hydrogen) atoms. The van der Waals surface area contributed by atoms with Crippen LogP contribution in [0, 0.1) is 5.82 Å². The summed E-state index contributed by atoms with van der Waals surface area (Å²) in [6, 6.07) is 11.8. The molecule has 158 valence electrons. The molecule has 0 saturated heterocycles. The number of para-hydroxylation sites is 1. The first-order chi connectivity index (χ1) is 14.8. The fourth-order valence-electron chi connectivity index (χ4n) is 3.91. The number of hydrogen-bond donors (Lipinski definition) is 2. The van der Waals surface area contributed by atoms with E-state index in [9.17, 15) is 12.8 Å². The minimum atomic E-state index is -4.02. The van der Waals surface area contributed by atoms with E-state index in [1.54, 1.807) is 16.8 Å². The van der Waals surface area contributed by atoms with Gasteiger partial charge < -0.3 is 11.5 Å². The lowest BCUT2D eigenvalue weighted by Crippen LogP contribution is -2.41. The Morgan fingerprint density at radius 1 is 1.06 bits per heavy atom. The summed E-state index contributed by atoms with van der Waals surface area (Å²) in [4.78, 5) is 8.08. The third kappa shape index (κ3) is 3.13. The Kier molecular flexibility index (Phi) is 4.29. The van der Waals surface area contributed by atoms with Gasteiger partial charge in [0.15, 0.2) is 5.65 Å². The Balaban J connectivity index is 1.64. The average Bonchev–Trinajstić information content (AvgIpc) is 3.17. The monoisotopic (exact) mass is 439 g/mol. The lowest BCUT2D eigenvalue weighted by atomic mass is 10.00. The number of anilines is 3. The molecular formula is C20H18FN7O2S. The zero-order valence-electron chi connectivity index (χ0n) is 16.2. The number of nitrogens with zero attached hydrogens (tertiary/aromatic N) is 5. The lowest BCUT2D eigenvalue weighted by Gasteiger charge is -2.35. The van der Waals surface area contributed by atoms with Crippen LogP contribution in [0.2, 0.25) is 0 Å². The molecule has 1 aliphatic rings. The molecule has 0 aliphatic carbocycles. The Morgan fingerprint density at radius 2 is 1.87 bits per heavy atom. The topological polar surface area (TPSA) is 133 Å². The highest BCUT2D eigenvalue weighted by atomic mass is 32.2. The summed E-state index contributed by atoms with van der Waals surface area (Å²) in [6.07, 6.45) is 2.06. The lowest BCUT2D eigenvalue weighted by molar-refractivity contribution is 0.456. The fraction of sp³-hybridized carbons (Fsp3) is 0.150. The number of fused-ring (bicyclic) bond motifs is 2. The molecule has 0 amide bonds. The summed E-state index contributed by atoms with van der Waals surface area (Å²) in [5, 5.41) is 4.93. The molecule has 2 aromatic heterocycles. The van der Waals surface area contributed by atoms with Gasteiger partial charge in [-0.2, -0.15) is 15.1 Å². The number of benzene rings is 2. The van der Waals surface area contributed by atoms with Crippen molar-refractivity contribution in [2.24, 2.45) is 0 Å². The second-order valence-electron chi connectivity index (χ2n) is 7.27.